The number of nitrogens with zero attached hydrogens (tertiary/aromatic N) is 1. The van der Waals surface area contributed by atoms with Crippen LogP contribution in [0.25, 0.3) is 0 Å². The molecule has 21 heavy (non-hydrogen) atoms. The van der Waals surface area contributed by atoms with Gasteiger partial charge in [0, 0.05) is 6.54 Å². The summed E-state index contributed by atoms with van der Waals surface area (Å²) in [5.74, 6) is -0.417. The average Bonchev–Trinajstić information content (AvgIpc) is 2.89. The smallest absolute Gasteiger partial charge is 0.329 e. The van der Waals surface area contributed by atoms with Gasteiger partial charge in [0.15, 0.2) is 0 Å². The van der Waals surface area contributed by atoms with Gasteiger partial charge in [0.05, 0.1) is 19.8 Å². The van der Waals surface area contributed by atoms with E-state index in [0.717, 1.165) is 0 Å². The third-order valence-electron chi connectivity index (χ3n) is 3.98. The molecule has 0 spiro atoms. The van der Waals surface area contributed by atoms with Crippen LogP contribution in [0, 0.1) is 0 Å². The van der Waals surface area contributed by atoms with E-state index in [1.807, 2.05) is 0 Å². The number of hydrogen-bond donors (Lipinski definition) is 1. The van der Waals surface area contributed by atoms with Crippen molar-refractivity contribution in [2.75, 3.05) is 20.8 Å². The van der Waals surface area contributed by atoms with Crippen LogP contribution in [-0.2, 0) is 4.79 Å². The molecule has 1 N–H and O–H groups in total. The van der Waals surface area contributed by atoms with Gasteiger partial charge in [-0.15, -0.1) is 0 Å². The number of aliphatic carboxylic acids is 1. The molecule has 1 atom stereocenters. The zero-order chi connectivity index (χ0) is 15.6. The number of likely N-dealkylation sites (tertiary alicyclic amines) is 1. The van der Waals surface area contributed by atoms with E-state index in [0.29, 0.717) is 36.4 Å². The largest absolute Gasteiger partial charge is 0.497 e. The third kappa shape index (κ3) is 2.53. The molecule has 0 aromatic heterocycles. The van der Waals surface area contributed by atoms with Crippen molar-refractivity contribution < 1.29 is 24.2 Å². The van der Waals surface area contributed by atoms with Crippen LogP contribution in [-0.4, -0.2) is 48.2 Å². The van der Waals surface area contributed by atoms with Crippen LogP contribution in [0.15, 0.2) is 18.2 Å². The molecule has 1 fully saturated rings. The molecule has 1 aliphatic rings. The highest BCUT2D eigenvalue weighted by Gasteiger charge is 2.46. The first-order valence-electron chi connectivity index (χ1n) is 6.71. The number of hydrogen-bond acceptors (Lipinski definition) is 4. The van der Waals surface area contributed by atoms with E-state index >= 15 is 0 Å². The monoisotopic (exact) mass is 293 g/mol. The lowest BCUT2D eigenvalue weighted by atomic mass is 9.98. The Morgan fingerprint density at radius 1 is 1.29 bits per heavy atom. The fourth-order valence-electron chi connectivity index (χ4n) is 2.64. The lowest BCUT2D eigenvalue weighted by Gasteiger charge is -2.31. The van der Waals surface area contributed by atoms with Crippen molar-refractivity contribution >= 4 is 11.9 Å². The van der Waals surface area contributed by atoms with E-state index < -0.39 is 11.5 Å². The van der Waals surface area contributed by atoms with Gasteiger partial charge in [0.2, 0.25) is 0 Å². The molecule has 1 unspecified atom stereocenters. The maximum atomic E-state index is 12.7. The molecule has 6 heteroatoms. The number of carbonyl (C=O) groups excluding carboxylic acids is 1. The Balaban J connectivity index is 2.42. The average molecular weight is 293 g/mol. The lowest BCUT2D eigenvalue weighted by Crippen LogP contribution is -2.50. The molecule has 1 aromatic rings. The SMILES string of the molecule is COc1ccc(OC)c(C(=O)N2CCCC2(C)C(=O)O)c1. The van der Waals surface area contributed by atoms with Crippen molar-refractivity contribution in [1.29, 1.82) is 0 Å². The quantitative estimate of drug-likeness (QED) is 0.915. The van der Waals surface area contributed by atoms with Gasteiger partial charge in [-0.2, -0.15) is 0 Å². The van der Waals surface area contributed by atoms with Crippen LogP contribution in [0.1, 0.15) is 30.1 Å². The van der Waals surface area contributed by atoms with E-state index in [9.17, 15) is 14.7 Å². The lowest BCUT2D eigenvalue weighted by molar-refractivity contribution is -0.147. The maximum absolute atomic E-state index is 12.7. The highest BCUT2D eigenvalue weighted by atomic mass is 16.5. The first-order chi connectivity index (χ1) is 9.93. The first-order valence-corrected chi connectivity index (χ1v) is 6.71. The van der Waals surface area contributed by atoms with Crippen LogP contribution in [0.4, 0.5) is 0 Å². The second-order valence-electron chi connectivity index (χ2n) is 5.21. The molecule has 0 bridgehead atoms. The van der Waals surface area contributed by atoms with Gasteiger partial charge in [-0.3, -0.25) is 4.79 Å². The van der Waals surface area contributed by atoms with E-state index in [1.165, 1.54) is 19.1 Å². The molecule has 1 saturated heterocycles. The van der Waals surface area contributed by atoms with Crippen LogP contribution >= 0.6 is 0 Å². The summed E-state index contributed by atoms with van der Waals surface area (Å²) in [5, 5.41) is 9.42. The zero-order valence-electron chi connectivity index (χ0n) is 12.4. The Labute approximate surface area is 123 Å². The molecule has 1 aromatic carbocycles. The van der Waals surface area contributed by atoms with Gasteiger partial charge in [0.1, 0.15) is 17.0 Å². The summed E-state index contributed by atoms with van der Waals surface area (Å²) in [6, 6.07) is 4.90. The highest BCUT2D eigenvalue weighted by Crippen LogP contribution is 2.33. The van der Waals surface area contributed by atoms with E-state index in [2.05, 4.69) is 0 Å². The van der Waals surface area contributed by atoms with E-state index in [1.54, 1.807) is 25.1 Å². The second kappa shape index (κ2) is 5.63. The Hall–Kier alpha value is -2.24. The third-order valence-corrected chi connectivity index (χ3v) is 3.98. The van der Waals surface area contributed by atoms with Crippen LogP contribution in [0.2, 0.25) is 0 Å². The molecule has 0 saturated carbocycles. The molecule has 2 rings (SSSR count). The molecule has 6 nitrogen and oxygen atoms in total. The summed E-state index contributed by atoms with van der Waals surface area (Å²) < 4.78 is 10.3. The Morgan fingerprint density at radius 3 is 2.57 bits per heavy atom. The molecule has 0 aliphatic carbocycles. The normalized spacial score (nSPS) is 21.2. The predicted octanol–water partition coefficient (Wildman–Crippen LogP) is 1.78. The molecule has 114 valence electrons. The summed E-state index contributed by atoms with van der Waals surface area (Å²) in [4.78, 5) is 25.6. The van der Waals surface area contributed by atoms with Crippen molar-refractivity contribution in [1.82, 2.24) is 4.90 Å². The van der Waals surface area contributed by atoms with E-state index in [-0.39, 0.29) is 5.91 Å². The van der Waals surface area contributed by atoms with Gasteiger partial charge in [-0.1, -0.05) is 0 Å². The standard InChI is InChI=1S/C15H19NO5/c1-15(14(18)19)7-4-8-16(15)13(17)11-9-10(20-2)5-6-12(11)21-3/h5-6,9H,4,7-8H2,1-3H3,(H,18,19). The van der Waals surface area contributed by atoms with Gasteiger partial charge < -0.3 is 19.5 Å². The van der Waals surface area contributed by atoms with Gasteiger partial charge in [0.25, 0.3) is 5.91 Å². The van der Waals surface area contributed by atoms with E-state index in [4.69, 9.17) is 9.47 Å². The molecular formula is C15H19NO5. The molecule has 0 radical (unpaired) electrons. The van der Waals surface area contributed by atoms with Crippen molar-refractivity contribution in [3.63, 3.8) is 0 Å². The molecular weight excluding hydrogens is 274 g/mol. The van der Waals surface area contributed by atoms with Gasteiger partial charge in [-0.25, -0.2) is 4.79 Å². The summed E-state index contributed by atoms with van der Waals surface area (Å²) >= 11 is 0. The molecule has 1 aliphatic heterocycles. The number of carboxylic acid groups (broad SMARTS) is 1. The minimum Gasteiger partial charge on any atom is -0.497 e. The summed E-state index contributed by atoms with van der Waals surface area (Å²) in [6.07, 6.45) is 1.11. The van der Waals surface area contributed by atoms with Crippen molar-refractivity contribution in [3.8, 4) is 11.5 Å². The summed E-state index contributed by atoms with van der Waals surface area (Å²) in [7, 11) is 2.98. The second-order valence-corrected chi connectivity index (χ2v) is 5.21. The minimum absolute atomic E-state index is 0.311. The number of rotatable bonds is 4. The van der Waals surface area contributed by atoms with Crippen LogP contribution in [0.5, 0.6) is 11.5 Å². The zero-order valence-corrected chi connectivity index (χ0v) is 12.4. The topological polar surface area (TPSA) is 76.1 Å². The maximum Gasteiger partial charge on any atom is 0.329 e. The highest BCUT2D eigenvalue weighted by molar-refractivity contribution is 6.00. The fourth-order valence-corrected chi connectivity index (χ4v) is 2.64. The summed E-state index contributed by atoms with van der Waals surface area (Å²) in [5.41, 5.74) is -0.864. The Bertz CT molecular complexity index is 571. The number of amides is 1. The van der Waals surface area contributed by atoms with Crippen molar-refractivity contribution in [2.24, 2.45) is 0 Å². The van der Waals surface area contributed by atoms with Crippen molar-refractivity contribution in [2.45, 2.75) is 25.3 Å². The molecule has 1 amide bonds. The van der Waals surface area contributed by atoms with Crippen LogP contribution in [0.3, 0.4) is 0 Å². The van der Waals surface area contributed by atoms with Gasteiger partial charge >= 0.3 is 5.97 Å². The number of benzene rings is 1. The predicted molar refractivity (Wildman–Crippen MR) is 75.9 cm³/mol. The Kier molecular flexibility index (Phi) is 4.06. The fraction of sp³-hybridized carbons (Fsp3) is 0.467. The Morgan fingerprint density at radius 2 is 2.00 bits per heavy atom. The number of carbonyl (C=O) groups is 2. The number of carboxylic acids is 1. The van der Waals surface area contributed by atoms with Crippen LogP contribution < -0.4 is 9.47 Å². The summed E-state index contributed by atoms with van der Waals surface area (Å²) in [6.45, 7) is 1.99. The van der Waals surface area contributed by atoms with Gasteiger partial charge in [-0.05, 0) is 38.0 Å². The minimum atomic E-state index is -1.18. The first kappa shape index (κ1) is 15.2. The van der Waals surface area contributed by atoms with Crippen molar-refractivity contribution in [3.05, 3.63) is 23.8 Å². The number of ether oxygens (including phenoxy) is 2. The molecule has 1 heterocycles. The number of methoxy groups -OCH3 is 2.